The molecule has 124 valence electrons. The fourth-order valence-corrected chi connectivity index (χ4v) is 2.60. The third-order valence-electron chi connectivity index (χ3n) is 3.77. The summed E-state index contributed by atoms with van der Waals surface area (Å²) in [5.74, 6) is 0.310. The standard InChI is InChI=1S/C19H19FN2O2/c1-13(2)11-22-17-8-7-15(9-18(17)24-12-19(22)23)21-10-14-5-3-4-6-16(14)20/h3-9,21H,1,10-12H2,2H3. The predicted molar refractivity (Wildman–Crippen MR) is 92.8 cm³/mol. The van der Waals surface area contributed by atoms with Gasteiger partial charge in [-0.25, -0.2) is 4.39 Å². The summed E-state index contributed by atoms with van der Waals surface area (Å²) < 4.78 is 19.2. The maximum Gasteiger partial charge on any atom is 0.265 e. The molecule has 2 aromatic carbocycles. The van der Waals surface area contributed by atoms with E-state index in [0.29, 0.717) is 24.4 Å². The minimum absolute atomic E-state index is 0.0110. The summed E-state index contributed by atoms with van der Waals surface area (Å²) in [6, 6.07) is 12.2. The quantitative estimate of drug-likeness (QED) is 0.851. The van der Waals surface area contributed by atoms with Gasteiger partial charge in [0.05, 0.1) is 5.69 Å². The highest BCUT2D eigenvalue weighted by Gasteiger charge is 2.25. The highest BCUT2D eigenvalue weighted by Crippen LogP contribution is 2.35. The zero-order valence-electron chi connectivity index (χ0n) is 13.5. The summed E-state index contributed by atoms with van der Waals surface area (Å²) in [7, 11) is 0. The highest BCUT2D eigenvalue weighted by molar-refractivity contribution is 5.98. The topological polar surface area (TPSA) is 41.6 Å². The number of nitrogens with one attached hydrogen (secondary N) is 1. The average Bonchev–Trinajstić information content (AvgIpc) is 2.56. The van der Waals surface area contributed by atoms with Gasteiger partial charge in [-0.15, -0.1) is 0 Å². The summed E-state index contributed by atoms with van der Waals surface area (Å²) in [5.41, 5.74) is 3.03. The molecule has 0 bridgehead atoms. The van der Waals surface area contributed by atoms with Gasteiger partial charge in [0.1, 0.15) is 11.6 Å². The fourth-order valence-electron chi connectivity index (χ4n) is 2.60. The van der Waals surface area contributed by atoms with Crippen molar-refractivity contribution in [2.75, 3.05) is 23.4 Å². The van der Waals surface area contributed by atoms with E-state index in [4.69, 9.17) is 4.74 Å². The zero-order chi connectivity index (χ0) is 17.1. The number of hydrogen-bond donors (Lipinski definition) is 1. The van der Waals surface area contributed by atoms with E-state index < -0.39 is 0 Å². The molecule has 0 radical (unpaired) electrons. The molecule has 1 N–H and O–H groups in total. The fraction of sp³-hybridized carbons (Fsp3) is 0.211. The molecule has 2 aromatic rings. The second-order valence-electron chi connectivity index (χ2n) is 5.85. The molecule has 4 nitrogen and oxygen atoms in total. The molecule has 1 heterocycles. The molecule has 1 amide bonds. The number of halogens is 1. The van der Waals surface area contributed by atoms with Crippen molar-refractivity contribution in [2.45, 2.75) is 13.5 Å². The molecule has 0 saturated carbocycles. The van der Waals surface area contributed by atoms with Gasteiger partial charge in [-0.2, -0.15) is 0 Å². The number of ether oxygens (including phenoxy) is 1. The lowest BCUT2D eigenvalue weighted by atomic mass is 10.1. The number of rotatable bonds is 5. The zero-order valence-corrected chi connectivity index (χ0v) is 13.5. The normalized spacial score (nSPS) is 13.2. The molecule has 0 unspecified atom stereocenters. The Morgan fingerprint density at radius 3 is 2.88 bits per heavy atom. The molecule has 0 aliphatic carbocycles. The van der Waals surface area contributed by atoms with Gasteiger partial charge in [0.15, 0.2) is 6.61 Å². The minimum Gasteiger partial charge on any atom is -0.481 e. The van der Waals surface area contributed by atoms with Gasteiger partial charge in [0.2, 0.25) is 0 Å². The van der Waals surface area contributed by atoms with Crippen molar-refractivity contribution in [2.24, 2.45) is 0 Å². The van der Waals surface area contributed by atoms with Gasteiger partial charge in [-0.05, 0) is 25.1 Å². The Labute approximate surface area is 140 Å². The van der Waals surface area contributed by atoms with Crippen LogP contribution in [-0.4, -0.2) is 19.1 Å². The summed E-state index contributed by atoms with van der Waals surface area (Å²) in [6.07, 6.45) is 0. The molecule has 0 atom stereocenters. The van der Waals surface area contributed by atoms with E-state index in [1.54, 1.807) is 23.1 Å². The molecule has 24 heavy (non-hydrogen) atoms. The lowest BCUT2D eigenvalue weighted by Gasteiger charge is -2.30. The van der Waals surface area contributed by atoms with Crippen LogP contribution in [0.15, 0.2) is 54.6 Å². The van der Waals surface area contributed by atoms with Gasteiger partial charge in [0, 0.05) is 30.4 Å². The monoisotopic (exact) mass is 326 g/mol. The minimum atomic E-state index is -0.238. The van der Waals surface area contributed by atoms with Crippen LogP contribution in [0, 0.1) is 5.82 Å². The summed E-state index contributed by atoms with van der Waals surface area (Å²) in [5, 5.41) is 3.18. The Kier molecular flexibility index (Phi) is 4.51. The molecule has 3 rings (SSSR count). The van der Waals surface area contributed by atoms with Crippen LogP contribution in [0.1, 0.15) is 12.5 Å². The van der Waals surface area contributed by atoms with Gasteiger partial charge in [-0.1, -0.05) is 30.4 Å². The molecular weight excluding hydrogens is 307 g/mol. The van der Waals surface area contributed by atoms with Crippen LogP contribution < -0.4 is 15.0 Å². The molecule has 1 aliphatic heterocycles. The lowest BCUT2D eigenvalue weighted by Crippen LogP contribution is -2.39. The van der Waals surface area contributed by atoms with Crippen molar-refractivity contribution in [3.63, 3.8) is 0 Å². The maximum atomic E-state index is 13.7. The number of benzene rings is 2. The third-order valence-corrected chi connectivity index (χ3v) is 3.77. The maximum absolute atomic E-state index is 13.7. The molecule has 0 aromatic heterocycles. The Morgan fingerprint density at radius 2 is 2.12 bits per heavy atom. The molecule has 1 aliphatic rings. The van der Waals surface area contributed by atoms with E-state index in [1.807, 2.05) is 25.1 Å². The van der Waals surface area contributed by atoms with E-state index in [2.05, 4.69) is 11.9 Å². The Bertz CT molecular complexity index is 789. The van der Waals surface area contributed by atoms with Crippen LogP contribution in [-0.2, 0) is 11.3 Å². The summed E-state index contributed by atoms with van der Waals surface area (Å²) >= 11 is 0. The van der Waals surface area contributed by atoms with Crippen molar-refractivity contribution in [1.29, 1.82) is 0 Å². The second-order valence-corrected chi connectivity index (χ2v) is 5.85. The summed E-state index contributed by atoms with van der Waals surface area (Å²) in [4.78, 5) is 13.7. The van der Waals surface area contributed by atoms with Crippen LogP contribution in [0.25, 0.3) is 0 Å². The number of carbonyl (C=O) groups excluding carboxylic acids is 1. The van der Waals surface area contributed by atoms with Crippen molar-refractivity contribution < 1.29 is 13.9 Å². The first-order chi connectivity index (χ1) is 11.5. The number of anilines is 2. The van der Waals surface area contributed by atoms with E-state index in [0.717, 1.165) is 16.9 Å². The first kappa shape index (κ1) is 16.1. The van der Waals surface area contributed by atoms with Gasteiger partial charge in [-0.3, -0.25) is 4.79 Å². The first-order valence-corrected chi connectivity index (χ1v) is 7.73. The third kappa shape index (κ3) is 3.40. The van der Waals surface area contributed by atoms with Crippen molar-refractivity contribution in [3.8, 4) is 5.75 Å². The SMILES string of the molecule is C=C(C)CN1C(=O)COc2cc(NCc3ccccc3F)ccc21. The number of nitrogens with zero attached hydrogens (tertiary/aromatic N) is 1. The first-order valence-electron chi connectivity index (χ1n) is 7.73. The molecular formula is C19H19FN2O2. The lowest BCUT2D eigenvalue weighted by molar-refractivity contribution is -0.121. The van der Waals surface area contributed by atoms with Crippen molar-refractivity contribution in [3.05, 3.63) is 66.0 Å². The number of fused-ring (bicyclic) bond motifs is 1. The van der Waals surface area contributed by atoms with Crippen LogP contribution in [0.2, 0.25) is 0 Å². The van der Waals surface area contributed by atoms with Gasteiger partial charge >= 0.3 is 0 Å². The Hall–Kier alpha value is -2.82. The number of carbonyl (C=O) groups is 1. The van der Waals surface area contributed by atoms with E-state index in [9.17, 15) is 9.18 Å². The smallest absolute Gasteiger partial charge is 0.265 e. The highest BCUT2D eigenvalue weighted by atomic mass is 19.1. The van der Waals surface area contributed by atoms with Crippen LogP contribution in [0.3, 0.4) is 0 Å². The van der Waals surface area contributed by atoms with Crippen LogP contribution >= 0.6 is 0 Å². The van der Waals surface area contributed by atoms with Crippen molar-refractivity contribution >= 4 is 17.3 Å². The molecule has 0 spiro atoms. The van der Waals surface area contributed by atoms with E-state index in [1.165, 1.54) is 6.07 Å². The number of hydrogen-bond acceptors (Lipinski definition) is 3. The van der Waals surface area contributed by atoms with E-state index >= 15 is 0 Å². The van der Waals surface area contributed by atoms with Crippen LogP contribution in [0.4, 0.5) is 15.8 Å². The molecule has 0 saturated heterocycles. The van der Waals surface area contributed by atoms with E-state index in [-0.39, 0.29) is 18.3 Å². The largest absolute Gasteiger partial charge is 0.481 e. The van der Waals surface area contributed by atoms with Crippen LogP contribution in [0.5, 0.6) is 5.75 Å². The second kappa shape index (κ2) is 6.74. The Morgan fingerprint density at radius 1 is 1.33 bits per heavy atom. The number of amides is 1. The Balaban J connectivity index is 1.77. The molecule has 0 fully saturated rings. The van der Waals surface area contributed by atoms with Gasteiger partial charge < -0.3 is 15.0 Å². The average molecular weight is 326 g/mol. The summed E-state index contributed by atoms with van der Waals surface area (Å²) in [6.45, 7) is 6.60. The van der Waals surface area contributed by atoms with Gasteiger partial charge in [0.25, 0.3) is 5.91 Å². The predicted octanol–water partition coefficient (Wildman–Crippen LogP) is 3.74. The molecule has 5 heteroatoms. The van der Waals surface area contributed by atoms with Crippen molar-refractivity contribution in [1.82, 2.24) is 0 Å².